The van der Waals surface area contributed by atoms with Crippen molar-refractivity contribution in [3.63, 3.8) is 0 Å². The second kappa shape index (κ2) is 11.8. The fraction of sp³-hybridized carbons (Fsp3) is 0. The van der Waals surface area contributed by atoms with Gasteiger partial charge in [0.1, 0.15) is 0 Å². The number of para-hydroxylation sites is 1. The smallest absolute Gasteiger partial charge is 0.0640 e. The van der Waals surface area contributed by atoms with Crippen LogP contribution in [-0.4, -0.2) is 9.13 Å². The third kappa shape index (κ3) is 4.60. The second-order valence-corrected chi connectivity index (χ2v) is 15.6. The van der Waals surface area contributed by atoms with Gasteiger partial charge in [0, 0.05) is 42.7 Å². The molecule has 0 unspecified atom stereocenters. The lowest BCUT2D eigenvalue weighted by Crippen LogP contribution is -1.94. The summed E-state index contributed by atoms with van der Waals surface area (Å²) in [6.45, 7) is 0. The van der Waals surface area contributed by atoms with Gasteiger partial charge in [0.05, 0.1) is 32.5 Å². The minimum Gasteiger partial charge on any atom is -0.309 e. The van der Waals surface area contributed by atoms with Crippen molar-refractivity contribution in [2.45, 2.75) is 0 Å². The summed E-state index contributed by atoms with van der Waals surface area (Å²) < 4.78 is 7.55. The van der Waals surface area contributed by atoms with Gasteiger partial charge in [-0.3, -0.25) is 0 Å². The van der Waals surface area contributed by atoms with Gasteiger partial charge in [-0.05, 0) is 99.8 Å². The largest absolute Gasteiger partial charge is 0.309 e. The van der Waals surface area contributed by atoms with Crippen molar-refractivity contribution in [2.75, 3.05) is 0 Å². The number of benzene rings is 9. The molecule has 0 saturated carbocycles. The van der Waals surface area contributed by atoms with Crippen LogP contribution in [0.2, 0.25) is 0 Å². The standard InChI is InChI=1S/C52H32N2S/c1-2-12-33(13-3-1)34-16-10-17-39(28-34)53-47-26-24-38(31-44(47)45-29-35-14-4-5-15-36(35)32-50(45)53)37-25-27-48-43(30-37)40-18-6-8-21-46(40)54(48)49-22-11-20-42-41-19-7-9-23-51(41)55-52(42)49/h1-32H. The first-order valence-corrected chi connectivity index (χ1v) is 19.7. The monoisotopic (exact) mass is 716 g/mol. The summed E-state index contributed by atoms with van der Waals surface area (Å²) in [5.41, 5.74) is 12.1. The van der Waals surface area contributed by atoms with E-state index >= 15 is 0 Å². The summed E-state index contributed by atoms with van der Waals surface area (Å²) in [6, 6.07) is 71.5. The highest BCUT2D eigenvalue weighted by Gasteiger charge is 2.19. The van der Waals surface area contributed by atoms with Crippen molar-refractivity contribution in [1.82, 2.24) is 9.13 Å². The number of thiophene rings is 1. The van der Waals surface area contributed by atoms with Crippen molar-refractivity contribution in [2.24, 2.45) is 0 Å². The van der Waals surface area contributed by atoms with Gasteiger partial charge >= 0.3 is 0 Å². The van der Waals surface area contributed by atoms with Gasteiger partial charge in [0.2, 0.25) is 0 Å². The van der Waals surface area contributed by atoms with E-state index in [1.54, 1.807) is 0 Å². The molecule has 12 aromatic rings. The molecule has 0 bridgehead atoms. The molecule has 256 valence electrons. The molecule has 3 heterocycles. The molecule has 0 aliphatic heterocycles. The van der Waals surface area contributed by atoms with E-state index in [1.165, 1.54) is 102 Å². The van der Waals surface area contributed by atoms with E-state index in [0.717, 1.165) is 5.69 Å². The molecule has 3 heteroatoms. The lowest BCUT2D eigenvalue weighted by molar-refractivity contribution is 1.18. The van der Waals surface area contributed by atoms with Crippen LogP contribution in [0.1, 0.15) is 0 Å². The lowest BCUT2D eigenvalue weighted by atomic mass is 10.00. The summed E-state index contributed by atoms with van der Waals surface area (Å²) in [5.74, 6) is 0. The Morgan fingerprint density at radius 3 is 1.73 bits per heavy atom. The van der Waals surface area contributed by atoms with E-state index < -0.39 is 0 Å². The maximum atomic E-state index is 2.47. The van der Waals surface area contributed by atoms with E-state index in [0.29, 0.717) is 0 Å². The highest BCUT2D eigenvalue weighted by atomic mass is 32.1. The van der Waals surface area contributed by atoms with Crippen LogP contribution in [0.15, 0.2) is 194 Å². The first kappa shape index (κ1) is 30.5. The van der Waals surface area contributed by atoms with E-state index in [-0.39, 0.29) is 0 Å². The number of fused-ring (bicyclic) bond motifs is 10. The molecule has 0 atom stereocenters. The van der Waals surface area contributed by atoms with Crippen molar-refractivity contribution < 1.29 is 0 Å². The van der Waals surface area contributed by atoms with Crippen molar-refractivity contribution in [3.05, 3.63) is 194 Å². The van der Waals surface area contributed by atoms with Gasteiger partial charge in [-0.15, -0.1) is 11.3 Å². The SMILES string of the molecule is c1ccc(-c2cccc(-n3c4ccc(-c5ccc6c(c5)c5ccccc5n6-c5cccc6c5sc5ccccc56)cc4c4cc5ccccc5cc43)c2)cc1. The van der Waals surface area contributed by atoms with Crippen molar-refractivity contribution in [3.8, 4) is 33.6 Å². The van der Waals surface area contributed by atoms with E-state index in [9.17, 15) is 0 Å². The fourth-order valence-corrected chi connectivity index (χ4v) is 10.1. The number of rotatable bonds is 4. The van der Waals surface area contributed by atoms with Crippen LogP contribution >= 0.6 is 11.3 Å². The Balaban J connectivity index is 1.07. The predicted octanol–water partition coefficient (Wildman–Crippen LogP) is 14.7. The summed E-state index contributed by atoms with van der Waals surface area (Å²) in [6.07, 6.45) is 0. The average molecular weight is 717 g/mol. The molecular formula is C52H32N2S. The van der Waals surface area contributed by atoms with Crippen LogP contribution < -0.4 is 0 Å². The molecule has 12 rings (SSSR count). The Bertz CT molecular complexity index is 3490. The molecule has 0 radical (unpaired) electrons. The number of hydrogen-bond donors (Lipinski definition) is 0. The first-order chi connectivity index (χ1) is 27.3. The van der Waals surface area contributed by atoms with Gasteiger partial charge in [-0.1, -0.05) is 127 Å². The molecule has 3 aromatic heterocycles. The molecule has 0 amide bonds. The molecule has 0 aliphatic rings. The van der Waals surface area contributed by atoms with Crippen LogP contribution in [0.25, 0.3) is 108 Å². The molecule has 2 nitrogen and oxygen atoms in total. The quantitative estimate of drug-likeness (QED) is 0.172. The zero-order valence-electron chi connectivity index (χ0n) is 29.8. The van der Waals surface area contributed by atoms with Crippen LogP contribution in [0, 0.1) is 0 Å². The van der Waals surface area contributed by atoms with E-state index in [4.69, 9.17) is 0 Å². The molecule has 0 saturated heterocycles. The van der Waals surface area contributed by atoms with Gasteiger partial charge in [0.25, 0.3) is 0 Å². The normalized spacial score (nSPS) is 12.0. The van der Waals surface area contributed by atoms with E-state index in [2.05, 4.69) is 203 Å². The van der Waals surface area contributed by atoms with Gasteiger partial charge in [-0.25, -0.2) is 0 Å². The van der Waals surface area contributed by atoms with Crippen molar-refractivity contribution >= 4 is 85.9 Å². The Morgan fingerprint density at radius 2 is 0.891 bits per heavy atom. The molecule has 55 heavy (non-hydrogen) atoms. The molecule has 0 N–H and O–H groups in total. The maximum absolute atomic E-state index is 2.47. The number of aromatic nitrogens is 2. The minimum atomic E-state index is 1.16. The number of hydrogen-bond acceptors (Lipinski definition) is 1. The fourth-order valence-electron chi connectivity index (χ4n) is 8.94. The van der Waals surface area contributed by atoms with Crippen molar-refractivity contribution in [1.29, 1.82) is 0 Å². The van der Waals surface area contributed by atoms with Crippen LogP contribution in [-0.2, 0) is 0 Å². The minimum absolute atomic E-state index is 1.16. The zero-order valence-corrected chi connectivity index (χ0v) is 30.6. The molecule has 0 spiro atoms. The topological polar surface area (TPSA) is 9.86 Å². The predicted molar refractivity (Wildman–Crippen MR) is 236 cm³/mol. The second-order valence-electron chi connectivity index (χ2n) is 14.5. The average Bonchev–Trinajstić information content (AvgIpc) is 3.90. The highest BCUT2D eigenvalue weighted by Crippen LogP contribution is 2.43. The molecule has 0 aliphatic carbocycles. The van der Waals surface area contributed by atoms with Gasteiger partial charge in [0.15, 0.2) is 0 Å². The lowest BCUT2D eigenvalue weighted by Gasteiger charge is -2.11. The molecule has 0 fully saturated rings. The van der Waals surface area contributed by atoms with E-state index in [1.807, 2.05) is 11.3 Å². The summed E-state index contributed by atoms with van der Waals surface area (Å²) in [5, 5.41) is 10.2. The summed E-state index contributed by atoms with van der Waals surface area (Å²) >= 11 is 1.88. The zero-order chi connectivity index (χ0) is 36.0. The highest BCUT2D eigenvalue weighted by molar-refractivity contribution is 7.26. The summed E-state index contributed by atoms with van der Waals surface area (Å²) in [7, 11) is 0. The number of nitrogens with zero attached hydrogens (tertiary/aromatic N) is 2. The Labute approximate surface area is 321 Å². The van der Waals surface area contributed by atoms with Crippen LogP contribution in [0.3, 0.4) is 0 Å². The van der Waals surface area contributed by atoms with Crippen LogP contribution in [0.5, 0.6) is 0 Å². The maximum Gasteiger partial charge on any atom is 0.0640 e. The van der Waals surface area contributed by atoms with Gasteiger partial charge in [-0.2, -0.15) is 0 Å². The third-order valence-corrected chi connectivity index (χ3v) is 12.7. The Morgan fingerprint density at radius 1 is 0.309 bits per heavy atom. The van der Waals surface area contributed by atoms with Crippen LogP contribution in [0.4, 0.5) is 0 Å². The molecule has 9 aromatic carbocycles. The Hall–Kier alpha value is -6.94. The van der Waals surface area contributed by atoms with Gasteiger partial charge < -0.3 is 9.13 Å². The Kier molecular flexibility index (Phi) is 6.54. The third-order valence-electron chi connectivity index (χ3n) is 11.5. The summed E-state index contributed by atoms with van der Waals surface area (Å²) in [4.78, 5) is 0. The molecular weight excluding hydrogens is 685 g/mol. The first-order valence-electron chi connectivity index (χ1n) is 18.8.